The molecule has 0 saturated heterocycles. The fourth-order valence-corrected chi connectivity index (χ4v) is 15.5. The number of hydrogen-bond acceptors (Lipinski definition) is 0. The van der Waals surface area contributed by atoms with Crippen LogP contribution in [0.2, 0.25) is 0 Å². The van der Waals surface area contributed by atoms with Gasteiger partial charge >= 0.3 is 0 Å². The largest absolute Gasteiger partial charge is 1.00 e. The average molecular weight is 933 g/mol. The fraction of sp³-hybridized carbons (Fsp3) is 0. The summed E-state index contributed by atoms with van der Waals surface area (Å²) in [5, 5.41) is 11.1. The number of hydrogen-bond donors (Lipinski definition) is 0. The Morgan fingerprint density at radius 2 is 0.250 bits per heavy atom. The van der Waals surface area contributed by atoms with Crippen molar-refractivity contribution in [1.82, 2.24) is 0 Å². The van der Waals surface area contributed by atoms with Crippen LogP contribution in [0.25, 0.3) is 0 Å². The summed E-state index contributed by atoms with van der Waals surface area (Å²) in [4.78, 5) is 0. The average Bonchev–Trinajstić information content (AvgIpc) is 3.22. The van der Waals surface area contributed by atoms with Gasteiger partial charge in [0.2, 0.25) is 0 Å². The molecule has 52 heavy (non-hydrogen) atoms. The molecule has 0 unspecified atom stereocenters. The Kier molecular flexibility index (Phi) is 14.5. The lowest BCUT2D eigenvalue weighted by Crippen LogP contribution is -3.00. The van der Waals surface area contributed by atoms with Crippen molar-refractivity contribution in [3.05, 3.63) is 243 Å². The molecule has 8 aromatic carbocycles. The van der Waals surface area contributed by atoms with Gasteiger partial charge in [0, 0.05) is 0 Å². The summed E-state index contributed by atoms with van der Waals surface area (Å²) in [5.74, 6) is 0. The first-order valence-electron chi connectivity index (χ1n) is 17.1. The smallest absolute Gasteiger partial charge is 0.144 e. The van der Waals surface area contributed by atoms with E-state index in [2.05, 4.69) is 243 Å². The summed E-state index contributed by atoms with van der Waals surface area (Å²) in [6.07, 6.45) is 0. The molecule has 0 heterocycles. The first-order valence-corrected chi connectivity index (χ1v) is 20.7. The third-order valence-corrected chi connectivity index (χ3v) is 17.7. The van der Waals surface area contributed by atoms with Crippen LogP contribution in [-0.4, -0.2) is 0 Å². The summed E-state index contributed by atoms with van der Waals surface area (Å²) >= 11 is 0. The highest BCUT2D eigenvalue weighted by Gasteiger charge is 2.48. The summed E-state index contributed by atoms with van der Waals surface area (Å²) in [6, 6.07) is 87.7. The van der Waals surface area contributed by atoms with E-state index in [0.29, 0.717) is 0 Å². The van der Waals surface area contributed by atoms with Gasteiger partial charge in [0.25, 0.3) is 0 Å². The van der Waals surface area contributed by atoms with Crippen LogP contribution in [0.5, 0.6) is 0 Å². The lowest BCUT2D eigenvalue weighted by molar-refractivity contribution is -0.00100. The second-order valence-corrected chi connectivity index (χ2v) is 18.8. The van der Waals surface area contributed by atoms with Crippen LogP contribution in [-0.2, 0) is 0 Å². The Bertz CT molecular complexity index is 1680. The van der Waals surface area contributed by atoms with Gasteiger partial charge in [-0.1, -0.05) is 146 Å². The molecular weight excluding hydrogens is 892 g/mol. The number of halogens is 2. The highest BCUT2D eigenvalue weighted by atomic mass is 127. The van der Waals surface area contributed by atoms with Crippen molar-refractivity contribution in [2.75, 3.05) is 0 Å². The molecule has 0 nitrogen and oxygen atoms in total. The topological polar surface area (TPSA) is 0 Å². The lowest BCUT2D eigenvalue weighted by atomic mass is 10.3. The Morgan fingerprint density at radius 3 is 0.346 bits per heavy atom. The Morgan fingerprint density at radius 1 is 0.154 bits per heavy atom. The highest BCUT2D eigenvalue weighted by molar-refractivity contribution is 8.02. The zero-order valence-corrected chi connectivity index (χ0v) is 34.8. The predicted molar refractivity (Wildman–Crippen MR) is 222 cm³/mol. The molecule has 256 valence electrons. The first-order chi connectivity index (χ1) is 24.8. The van der Waals surface area contributed by atoms with Crippen molar-refractivity contribution >= 4 is 57.0 Å². The first kappa shape index (κ1) is 39.3. The van der Waals surface area contributed by atoms with Gasteiger partial charge in [-0.25, -0.2) is 0 Å². The van der Waals surface area contributed by atoms with Gasteiger partial charge in [0.1, 0.15) is 57.0 Å². The van der Waals surface area contributed by atoms with E-state index >= 15 is 0 Å². The van der Waals surface area contributed by atoms with Crippen LogP contribution in [0.1, 0.15) is 0 Å². The number of rotatable bonds is 8. The number of benzene rings is 8. The van der Waals surface area contributed by atoms with E-state index in [1.54, 1.807) is 0 Å². The van der Waals surface area contributed by atoms with Crippen molar-refractivity contribution in [3.63, 3.8) is 0 Å². The van der Waals surface area contributed by atoms with E-state index in [1.807, 2.05) is 0 Å². The Hall–Kier alpha value is -3.92. The molecule has 0 spiro atoms. The molecule has 8 aromatic rings. The monoisotopic (exact) mass is 932 g/mol. The summed E-state index contributed by atoms with van der Waals surface area (Å²) in [5.41, 5.74) is 0. The van der Waals surface area contributed by atoms with E-state index in [9.17, 15) is 0 Å². The molecule has 0 aromatic heterocycles. The van der Waals surface area contributed by atoms with Crippen molar-refractivity contribution in [2.24, 2.45) is 0 Å². The second-order valence-electron chi connectivity index (χ2n) is 12.0. The zero-order valence-electron chi connectivity index (χ0n) is 28.7. The molecule has 0 amide bonds. The van der Waals surface area contributed by atoms with Crippen LogP contribution in [0.3, 0.4) is 0 Å². The SMILES string of the molecule is [I-].[I-].c1ccc([P+](c2ccccc2)(c2ccccc2)c2ccccc2)cc1.c1ccc([P+](c2ccccc2)(c2ccccc2)c2ccccc2)cc1. The van der Waals surface area contributed by atoms with Gasteiger partial charge in [0.05, 0.1) is 0 Å². The van der Waals surface area contributed by atoms with Gasteiger partial charge in [-0.3, -0.25) is 0 Å². The van der Waals surface area contributed by atoms with Crippen LogP contribution < -0.4 is 90.4 Å². The standard InChI is InChI=1S/2C24H20P.2HI/c2*1-5-13-21(14-6-1)25(22-15-7-2-8-16-22,23-17-9-3-10-18-23)24-19-11-4-12-20-24;;/h2*1-20H;2*1H/q2*+1;;/p-2. The minimum absolute atomic E-state index is 0. The Balaban J connectivity index is 0.000000194. The molecule has 0 aliphatic heterocycles. The molecule has 0 atom stereocenters. The summed E-state index contributed by atoms with van der Waals surface area (Å²) < 4.78 is 0. The summed E-state index contributed by atoms with van der Waals surface area (Å²) in [7, 11) is -3.81. The molecule has 8 rings (SSSR count). The highest BCUT2D eigenvalue weighted by Crippen LogP contribution is 2.55. The third kappa shape index (κ3) is 8.02. The van der Waals surface area contributed by atoms with E-state index in [1.165, 1.54) is 42.4 Å². The van der Waals surface area contributed by atoms with Crippen LogP contribution >= 0.6 is 14.5 Å². The predicted octanol–water partition coefficient (Wildman–Crippen LogP) is 2.62. The van der Waals surface area contributed by atoms with Crippen molar-refractivity contribution < 1.29 is 48.0 Å². The molecule has 0 saturated carbocycles. The zero-order chi connectivity index (χ0) is 33.9. The van der Waals surface area contributed by atoms with Crippen LogP contribution in [0.4, 0.5) is 0 Å². The van der Waals surface area contributed by atoms with Gasteiger partial charge in [-0.05, 0) is 97.1 Å². The summed E-state index contributed by atoms with van der Waals surface area (Å²) in [6.45, 7) is 0. The lowest BCUT2D eigenvalue weighted by Gasteiger charge is -2.27. The molecule has 4 heteroatoms. The second kappa shape index (κ2) is 19.2. The van der Waals surface area contributed by atoms with Gasteiger partial charge in [-0.15, -0.1) is 0 Å². The minimum Gasteiger partial charge on any atom is -1.00 e. The van der Waals surface area contributed by atoms with Gasteiger partial charge in [0.15, 0.2) is 0 Å². The van der Waals surface area contributed by atoms with Crippen molar-refractivity contribution in [3.8, 4) is 0 Å². The normalized spacial score (nSPS) is 10.8. The van der Waals surface area contributed by atoms with Crippen molar-refractivity contribution in [1.29, 1.82) is 0 Å². The molecule has 0 radical (unpaired) electrons. The van der Waals surface area contributed by atoms with Gasteiger partial charge in [-0.2, -0.15) is 0 Å². The maximum Gasteiger partial charge on any atom is 0.144 e. The van der Waals surface area contributed by atoms with E-state index < -0.39 is 14.5 Å². The maximum atomic E-state index is 2.28. The van der Waals surface area contributed by atoms with E-state index in [4.69, 9.17) is 0 Å². The quantitative estimate of drug-likeness (QED) is 0.163. The molecule has 0 aliphatic carbocycles. The third-order valence-electron chi connectivity index (χ3n) is 9.15. The van der Waals surface area contributed by atoms with Crippen LogP contribution in [0, 0.1) is 0 Å². The molecule has 0 fully saturated rings. The molecular formula is C48H40I2P2. The maximum absolute atomic E-state index is 2.28. The Labute approximate surface area is 344 Å². The van der Waals surface area contributed by atoms with Crippen LogP contribution in [0.15, 0.2) is 243 Å². The van der Waals surface area contributed by atoms with Crippen molar-refractivity contribution in [2.45, 2.75) is 0 Å². The van der Waals surface area contributed by atoms with E-state index in [-0.39, 0.29) is 48.0 Å². The molecule has 0 bridgehead atoms. The van der Waals surface area contributed by atoms with Gasteiger partial charge < -0.3 is 48.0 Å². The molecule has 0 aliphatic rings. The minimum atomic E-state index is -1.91. The fourth-order valence-electron chi connectivity index (χ4n) is 7.00. The molecule has 0 N–H and O–H groups in total. The van der Waals surface area contributed by atoms with E-state index in [0.717, 1.165) is 0 Å².